The highest BCUT2D eigenvalue weighted by molar-refractivity contribution is 14.0. The molecule has 0 fully saturated rings. The fourth-order valence-electron chi connectivity index (χ4n) is 1.79. The van der Waals surface area contributed by atoms with Crippen LogP contribution in [0.4, 0.5) is 0 Å². The molecule has 0 saturated carbocycles. The first-order valence-corrected chi connectivity index (χ1v) is 6.52. The van der Waals surface area contributed by atoms with Gasteiger partial charge >= 0.3 is 0 Å². The average molecular weight is 375 g/mol. The summed E-state index contributed by atoms with van der Waals surface area (Å²) in [6.07, 6.45) is 1.33. The zero-order valence-corrected chi connectivity index (χ0v) is 13.8. The molecule has 1 aromatic carbocycles. The molecule has 0 aliphatic carbocycles. The molecule has 4 nitrogen and oxygen atoms in total. The van der Waals surface area contributed by atoms with Crippen molar-refractivity contribution in [1.29, 1.82) is 0 Å². The molecule has 1 heterocycles. The summed E-state index contributed by atoms with van der Waals surface area (Å²) in [5.74, 6) is 1.82. The summed E-state index contributed by atoms with van der Waals surface area (Å²) in [5.41, 5.74) is 1.22. The standard InChI is InChI=1S/C14H21N3O.HI/c1-11(2)18-13-6-4-12(5-7-13)10-17-14-15-8-3-9-16-14;/h4-7,11H,3,8-10H2,1-2H3,(H2,15,16,17);1H. The van der Waals surface area contributed by atoms with Crippen LogP contribution in [-0.4, -0.2) is 25.2 Å². The van der Waals surface area contributed by atoms with Crippen molar-refractivity contribution in [3.8, 4) is 5.75 Å². The van der Waals surface area contributed by atoms with E-state index >= 15 is 0 Å². The van der Waals surface area contributed by atoms with Crippen LogP contribution in [0.25, 0.3) is 0 Å². The van der Waals surface area contributed by atoms with E-state index in [1.165, 1.54) is 5.56 Å². The molecule has 0 aromatic heterocycles. The molecule has 0 saturated heterocycles. The molecule has 0 unspecified atom stereocenters. The smallest absolute Gasteiger partial charge is 0.191 e. The predicted octanol–water partition coefficient (Wildman–Crippen LogP) is 2.53. The van der Waals surface area contributed by atoms with Crippen LogP contribution < -0.4 is 15.4 Å². The lowest BCUT2D eigenvalue weighted by molar-refractivity contribution is 0.242. The van der Waals surface area contributed by atoms with Crippen LogP contribution >= 0.6 is 24.0 Å². The number of hydrogen-bond acceptors (Lipinski definition) is 4. The van der Waals surface area contributed by atoms with E-state index in [4.69, 9.17) is 4.74 Å². The second-order valence-electron chi connectivity index (χ2n) is 4.67. The molecule has 0 bridgehead atoms. The molecule has 1 aliphatic rings. The Labute approximate surface area is 132 Å². The van der Waals surface area contributed by atoms with Crippen LogP contribution in [0.2, 0.25) is 0 Å². The number of rotatable bonds is 4. The number of nitrogens with zero attached hydrogens (tertiary/aromatic N) is 1. The van der Waals surface area contributed by atoms with Crippen LogP contribution in [0, 0.1) is 0 Å². The Hall–Kier alpha value is -0.980. The third kappa shape index (κ3) is 5.67. The van der Waals surface area contributed by atoms with Crippen LogP contribution in [0.5, 0.6) is 5.75 Å². The quantitative estimate of drug-likeness (QED) is 0.796. The molecule has 0 radical (unpaired) electrons. The Morgan fingerprint density at radius 2 is 2.05 bits per heavy atom. The lowest BCUT2D eigenvalue weighted by Crippen LogP contribution is -2.40. The van der Waals surface area contributed by atoms with E-state index in [2.05, 4.69) is 27.8 Å². The minimum absolute atomic E-state index is 0. The lowest BCUT2D eigenvalue weighted by Gasteiger charge is -2.16. The molecule has 0 atom stereocenters. The lowest BCUT2D eigenvalue weighted by atomic mass is 10.2. The Morgan fingerprint density at radius 1 is 1.32 bits per heavy atom. The van der Waals surface area contributed by atoms with Crippen LogP contribution in [0.15, 0.2) is 29.3 Å². The van der Waals surface area contributed by atoms with Crippen molar-refractivity contribution >= 4 is 29.9 Å². The molecular weight excluding hydrogens is 353 g/mol. The van der Waals surface area contributed by atoms with Gasteiger partial charge in [0, 0.05) is 19.6 Å². The Balaban J connectivity index is 0.00000180. The summed E-state index contributed by atoms with van der Waals surface area (Å²) in [6.45, 7) is 6.77. The monoisotopic (exact) mass is 375 g/mol. The number of ether oxygens (including phenoxy) is 1. The highest BCUT2D eigenvalue weighted by Crippen LogP contribution is 2.13. The van der Waals surface area contributed by atoms with Gasteiger partial charge in [0.15, 0.2) is 5.96 Å². The average Bonchev–Trinajstić information content (AvgIpc) is 2.38. The van der Waals surface area contributed by atoms with Gasteiger partial charge in [-0.15, -0.1) is 24.0 Å². The van der Waals surface area contributed by atoms with Crippen LogP contribution in [0.1, 0.15) is 25.8 Å². The van der Waals surface area contributed by atoms with Crippen molar-refractivity contribution in [2.75, 3.05) is 13.1 Å². The van der Waals surface area contributed by atoms with Gasteiger partial charge in [-0.05, 0) is 38.0 Å². The maximum Gasteiger partial charge on any atom is 0.191 e. The first-order chi connectivity index (χ1) is 8.74. The largest absolute Gasteiger partial charge is 0.491 e. The van der Waals surface area contributed by atoms with Gasteiger partial charge in [0.1, 0.15) is 5.75 Å². The fraction of sp³-hybridized carbons (Fsp3) is 0.500. The molecular formula is C14H22IN3O. The number of nitrogens with one attached hydrogen (secondary N) is 2. The highest BCUT2D eigenvalue weighted by Gasteiger charge is 2.03. The van der Waals surface area contributed by atoms with E-state index in [1.54, 1.807) is 0 Å². The van der Waals surface area contributed by atoms with Crippen LogP contribution in [0.3, 0.4) is 0 Å². The van der Waals surface area contributed by atoms with Crippen molar-refractivity contribution in [2.24, 2.45) is 4.99 Å². The SMILES string of the molecule is CC(C)Oc1ccc(CNC2=NCCCN2)cc1.I. The molecule has 2 rings (SSSR count). The summed E-state index contributed by atoms with van der Waals surface area (Å²) < 4.78 is 5.61. The molecule has 5 heteroatoms. The van der Waals surface area contributed by atoms with Crippen LogP contribution in [-0.2, 0) is 6.54 Å². The van der Waals surface area contributed by atoms with Gasteiger partial charge in [-0.3, -0.25) is 4.99 Å². The predicted molar refractivity (Wildman–Crippen MR) is 89.4 cm³/mol. The van der Waals surface area contributed by atoms with Crippen molar-refractivity contribution in [1.82, 2.24) is 10.6 Å². The molecule has 19 heavy (non-hydrogen) atoms. The van der Waals surface area contributed by atoms with Gasteiger partial charge in [0.25, 0.3) is 0 Å². The third-order valence-corrected chi connectivity index (χ3v) is 2.65. The Kier molecular flexibility index (Phi) is 6.97. The van der Waals surface area contributed by atoms with Crippen molar-refractivity contribution < 1.29 is 4.74 Å². The van der Waals surface area contributed by atoms with Gasteiger partial charge < -0.3 is 15.4 Å². The minimum Gasteiger partial charge on any atom is -0.491 e. The first-order valence-electron chi connectivity index (χ1n) is 6.52. The Bertz CT molecular complexity index is 404. The maximum atomic E-state index is 5.61. The molecule has 106 valence electrons. The van der Waals surface area contributed by atoms with E-state index in [0.29, 0.717) is 0 Å². The summed E-state index contributed by atoms with van der Waals surface area (Å²) in [6, 6.07) is 8.17. The van der Waals surface area contributed by atoms with Crippen molar-refractivity contribution in [3.05, 3.63) is 29.8 Å². The topological polar surface area (TPSA) is 45.6 Å². The zero-order chi connectivity index (χ0) is 12.8. The summed E-state index contributed by atoms with van der Waals surface area (Å²) >= 11 is 0. The number of hydrogen-bond donors (Lipinski definition) is 2. The molecule has 1 aliphatic heterocycles. The van der Waals surface area contributed by atoms with Gasteiger partial charge in [0.05, 0.1) is 6.10 Å². The molecule has 2 N–H and O–H groups in total. The summed E-state index contributed by atoms with van der Waals surface area (Å²) in [7, 11) is 0. The molecule has 0 amide bonds. The van der Waals surface area contributed by atoms with E-state index in [9.17, 15) is 0 Å². The second kappa shape index (κ2) is 8.24. The number of aliphatic imine (C=N–C) groups is 1. The minimum atomic E-state index is 0. The highest BCUT2D eigenvalue weighted by atomic mass is 127. The summed E-state index contributed by atoms with van der Waals surface area (Å²) in [4.78, 5) is 4.37. The maximum absolute atomic E-state index is 5.61. The van der Waals surface area contributed by atoms with E-state index in [-0.39, 0.29) is 30.1 Å². The fourth-order valence-corrected chi connectivity index (χ4v) is 1.79. The number of benzene rings is 1. The number of guanidine groups is 1. The second-order valence-corrected chi connectivity index (χ2v) is 4.67. The molecule has 1 aromatic rings. The van der Waals surface area contributed by atoms with E-state index in [1.807, 2.05) is 26.0 Å². The summed E-state index contributed by atoms with van der Waals surface area (Å²) in [5, 5.41) is 6.54. The normalized spacial score (nSPS) is 14.2. The van der Waals surface area contributed by atoms with Gasteiger partial charge in [-0.25, -0.2) is 0 Å². The third-order valence-electron chi connectivity index (χ3n) is 2.65. The first kappa shape index (κ1) is 16.1. The molecule has 0 spiro atoms. The van der Waals surface area contributed by atoms with Gasteiger partial charge in [-0.1, -0.05) is 12.1 Å². The zero-order valence-electron chi connectivity index (χ0n) is 11.5. The van der Waals surface area contributed by atoms with Gasteiger partial charge in [0.2, 0.25) is 0 Å². The van der Waals surface area contributed by atoms with Crippen molar-refractivity contribution in [2.45, 2.75) is 32.9 Å². The Morgan fingerprint density at radius 3 is 2.63 bits per heavy atom. The van der Waals surface area contributed by atoms with E-state index < -0.39 is 0 Å². The van der Waals surface area contributed by atoms with Gasteiger partial charge in [-0.2, -0.15) is 0 Å². The number of halogens is 1. The van der Waals surface area contributed by atoms with E-state index in [0.717, 1.165) is 37.8 Å². The van der Waals surface area contributed by atoms with Crippen molar-refractivity contribution in [3.63, 3.8) is 0 Å².